The molecule has 0 saturated carbocycles. The van der Waals surface area contributed by atoms with Crippen LogP contribution in [0.15, 0.2) is 53.6 Å². The Kier molecular flexibility index (Phi) is 3.06. The fraction of sp³-hybridized carbons (Fsp3) is 0.0667. The van der Waals surface area contributed by atoms with E-state index in [1.807, 2.05) is 0 Å². The topological polar surface area (TPSA) is 39.1 Å². The molecule has 0 N–H and O–H groups in total. The summed E-state index contributed by atoms with van der Waals surface area (Å²) in [5, 5.41) is 0.518. The number of nitrogens with zero attached hydrogens (tertiary/aromatic N) is 1. The molecule has 108 valence electrons. The fourth-order valence-corrected chi connectivity index (χ4v) is 3.26. The number of benzene rings is 2. The molecule has 3 nitrogen and oxygen atoms in total. The molecule has 3 rings (SSSR count). The van der Waals surface area contributed by atoms with Gasteiger partial charge in [-0.15, -0.1) is 0 Å². The molecule has 0 unspecified atom stereocenters. The van der Waals surface area contributed by atoms with E-state index in [1.165, 1.54) is 18.2 Å². The van der Waals surface area contributed by atoms with Crippen LogP contribution in [-0.2, 0) is 9.84 Å². The molecule has 0 aliphatic carbocycles. The summed E-state index contributed by atoms with van der Waals surface area (Å²) in [7, 11) is -3.38. The van der Waals surface area contributed by atoms with E-state index in [2.05, 4.69) is 0 Å². The van der Waals surface area contributed by atoms with Crippen molar-refractivity contribution in [3.8, 4) is 5.69 Å². The second kappa shape index (κ2) is 4.66. The van der Waals surface area contributed by atoms with Gasteiger partial charge in [-0.05, 0) is 30.3 Å². The third-order valence-electron chi connectivity index (χ3n) is 3.22. The summed E-state index contributed by atoms with van der Waals surface area (Å²) in [6.07, 6.45) is 2.72. The highest BCUT2D eigenvalue weighted by Gasteiger charge is 2.14. The number of hydrogen-bond donors (Lipinski definition) is 0. The second-order valence-corrected chi connectivity index (χ2v) is 6.76. The molecule has 1 aromatic heterocycles. The number of fused-ring (bicyclic) bond motifs is 1. The molecule has 21 heavy (non-hydrogen) atoms. The lowest BCUT2D eigenvalue weighted by molar-refractivity contribution is 0.582. The van der Waals surface area contributed by atoms with Gasteiger partial charge in [0.2, 0.25) is 0 Å². The summed E-state index contributed by atoms with van der Waals surface area (Å²) < 4.78 is 51.8. The molecule has 6 heteroatoms. The summed E-state index contributed by atoms with van der Waals surface area (Å²) in [4.78, 5) is 0.190. The molecule has 0 atom stereocenters. The SMILES string of the molecule is CS(=O)(=O)c1cccc2c1ccn2-c1cc(F)cc(F)c1. The van der Waals surface area contributed by atoms with E-state index in [9.17, 15) is 17.2 Å². The first kappa shape index (κ1) is 13.8. The minimum Gasteiger partial charge on any atom is -0.316 e. The lowest BCUT2D eigenvalue weighted by atomic mass is 10.2. The van der Waals surface area contributed by atoms with Crippen molar-refractivity contribution in [1.82, 2.24) is 4.57 Å². The molecule has 0 aliphatic rings. The summed E-state index contributed by atoms with van der Waals surface area (Å²) in [6.45, 7) is 0. The number of hydrogen-bond acceptors (Lipinski definition) is 2. The third-order valence-corrected chi connectivity index (χ3v) is 4.37. The van der Waals surface area contributed by atoms with E-state index in [0.29, 0.717) is 16.6 Å². The van der Waals surface area contributed by atoms with Crippen molar-refractivity contribution in [3.05, 3.63) is 60.3 Å². The Balaban J connectivity index is 2.31. The molecular weight excluding hydrogens is 296 g/mol. The van der Waals surface area contributed by atoms with Gasteiger partial charge in [0.05, 0.1) is 16.1 Å². The minimum atomic E-state index is -3.38. The molecule has 1 heterocycles. The van der Waals surface area contributed by atoms with Gasteiger partial charge in [0.25, 0.3) is 0 Å². The van der Waals surface area contributed by atoms with Crippen molar-refractivity contribution in [2.75, 3.05) is 6.26 Å². The number of aromatic nitrogens is 1. The molecule has 2 aromatic carbocycles. The van der Waals surface area contributed by atoms with Crippen molar-refractivity contribution < 1.29 is 17.2 Å². The van der Waals surface area contributed by atoms with Gasteiger partial charge < -0.3 is 4.57 Å². The van der Waals surface area contributed by atoms with Crippen LogP contribution >= 0.6 is 0 Å². The van der Waals surface area contributed by atoms with Crippen LogP contribution in [0.1, 0.15) is 0 Å². The van der Waals surface area contributed by atoms with Gasteiger partial charge in [-0.3, -0.25) is 0 Å². The van der Waals surface area contributed by atoms with Crippen LogP contribution in [-0.4, -0.2) is 19.2 Å². The Morgan fingerprint density at radius 2 is 1.67 bits per heavy atom. The van der Waals surface area contributed by atoms with Crippen LogP contribution in [0, 0.1) is 11.6 Å². The Bertz CT molecular complexity index is 925. The Hall–Kier alpha value is -2.21. The lowest BCUT2D eigenvalue weighted by Crippen LogP contribution is -1.98. The standard InChI is InChI=1S/C15H11F2NO2S/c1-21(19,20)15-4-2-3-14-13(15)5-6-18(14)12-8-10(16)7-11(17)9-12/h2-9H,1H3. The molecule has 0 saturated heterocycles. The van der Waals surface area contributed by atoms with Crippen LogP contribution < -0.4 is 0 Å². The van der Waals surface area contributed by atoms with Crippen molar-refractivity contribution in [3.63, 3.8) is 0 Å². The zero-order valence-electron chi connectivity index (χ0n) is 11.0. The molecule has 0 radical (unpaired) electrons. The maximum atomic E-state index is 13.3. The van der Waals surface area contributed by atoms with Crippen LogP contribution in [0.4, 0.5) is 8.78 Å². The molecule has 0 aliphatic heterocycles. The van der Waals surface area contributed by atoms with Crippen LogP contribution in [0.25, 0.3) is 16.6 Å². The average molecular weight is 307 g/mol. The van der Waals surface area contributed by atoms with E-state index in [-0.39, 0.29) is 4.90 Å². The first-order valence-corrected chi connectivity index (χ1v) is 8.02. The molecular formula is C15H11F2NO2S. The fourth-order valence-electron chi connectivity index (χ4n) is 2.37. The summed E-state index contributed by atoms with van der Waals surface area (Å²) in [6, 6.07) is 9.60. The number of rotatable bonds is 2. The van der Waals surface area contributed by atoms with Crippen molar-refractivity contribution in [1.29, 1.82) is 0 Å². The van der Waals surface area contributed by atoms with Gasteiger partial charge in [0, 0.05) is 23.9 Å². The van der Waals surface area contributed by atoms with Gasteiger partial charge >= 0.3 is 0 Å². The Morgan fingerprint density at radius 1 is 1.00 bits per heavy atom. The predicted molar refractivity (Wildman–Crippen MR) is 76.3 cm³/mol. The Morgan fingerprint density at radius 3 is 2.29 bits per heavy atom. The van der Waals surface area contributed by atoms with Crippen molar-refractivity contribution in [2.45, 2.75) is 4.90 Å². The van der Waals surface area contributed by atoms with Crippen LogP contribution in [0.5, 0.6) is 0 Å². The zero-order valence-corrected chi connectivity index (χ0v) is 11.9. The largest absolute Gasteiger partial charge is 0.316 e. The van der Waals surface area contributed by atoms with E-state index < -0.39 is 21.5 Å². The first-order valence-electron chi connectivity index (χ1n) is 6.13. The highest BCUT2D eigenvalue weighted by atomic mass is 32.2. The van der Waals surface area contributed by atoms with Gasteiger partial charge in [0.15, 0.2) is 9.84 Å². The molecule has 0 fully saturated rings. The monoisotopic (exact) mass is 307 g/mol. The smallest absolute Gasteiger partial charge is 0.176 e. The quantitative estimate of drug-likeness (QED) is 0.728. The maximum absolute atomic E-state index is 13.3. The molecule has 0 bridgehead atoms. The summed E-state index contributed by atoms with van der Waals surface area (Å²) in [5.74, 6) is -1.38. The second-order valence-electron chi connectivity index (χ2n) is 4.77. The van der Waals surface area contributed by atoms with Crippen LogP contribution in [0.2, 0.25) is 0 Å². The third kappa shape index (κ3) is 2.42. The van der Waals surface area contributed by atoms with Gasteiger partial charge in [-0.25, -0.2) is 17.2 Å². The van der Waals surface area contributed by atoms with Crippen LogP contribution in [0.3, 0.4) is 0 Å². The summed E-state index contributed by atoms with van der Waals surface area (Å²) >= 11 is 0. The number of sulfone groups is 1. The number of halogens is 2. The minimum absolute atomic E-state index is 0.190. The normalized spacial score (nSPS) is 12.0. The zero-order chi connectivity index (χ0) is 15.2. The molecule has 3 aromatic rings. The maximum Gasteiger partial charge on any atom is 0.176 e. The first-order chi connectivity index (χ1) is 9.86. The molecule has 0 amide bonds. The summed E-state index contributed by atoms with van der Waals surface area (Å²) in [5.41, 5.74) is 0.871. The van der Waals surface area contributed by atoms with E-state index in [1.54, 1.807) is 29.0 Å². The van der Waals surface area contributed by atoms with E-state index >= 15 is 0 Å². The van der Waals surface area contributed by atoms with E-state index in [4.69, 9.17) is 0 Å². The predicted octanol–water partition coefficient (Wildman–Crippen LogP) is 3.31. The van der Waals surface area contributed by atoms with Gasteiger partial charge in [-0.1, -0.05) is 6.07 Å². The highest BCUT2D eigenvalue weighted by Crippen LogP contribution is 2.27. The van der Waals surface area contributed by atoms with Gasteiger partial charge in [-0.2, -0.15) is 0 Å². The molecule has 0 spiro atoms. The average Bonchev–Trinajstić information content (AvgIpc) is 2.79. The van der Waals surface area contributed by atoms with Crippen molar-refractivity contribution >= 4 is 20.7 Å². The van der Waals surface area contributed by atoms with E-state index in [0.717, 1.165) is 12.3 Å². The lowest BCUT2D eigenvalue weighted by Gasteiger charge is -2.07. The van der Waals surface area contributed by atoms with Gasteiger partial charge in [0.1, 0.15) is 11.6 Å². The Labute approximate surface area is 120 Å². The van der Waals surface area contributed by atoms with Crippen molar-refractivity contribution in [2.24, 2.45) is 0 Å². The highest BCUT2D eigenvalue weighted by molar-refractivity contribution is 7.91.